The number of nitrogens with one attached hydrogen (secondary N) is 1. The maximum absolute atomic E-state index is 14.3. The number of ether oxygens (including phenoxy) is 2. The second-order valence-electron chi connectivity index (χ2n) is 11.7. The second kappa shape index (κ2) is 11.4. The van der Waals surface area contributed by atoms with E-state index in [1.165, 1.54) is 4.90 Å². The molecule has 4 heterocycles. The highest BCUT2D eigenvalue weighted by Gasteiger charge is 2.72. The summed E-state index contributed by atoms with van der Waals surface area (Å²) in [6.45, 7) is 7.25. The van der Waals surface area contributed by atoms with Crippen LogP contribution in [0.25, 0.3) is 0 Å². The molecule has 4 aliphatic heterocycles. The van der Waals surface area contributed by atoms with E-state index in [4.69, 9.17) is 9.47 Å². The Bertz CT molecular complexity index is 1250. The maximum Gasteiger partial charge on any atom is 0.313 e. The Hall–Kier alpha value is -3.50. The zero-order valence-corrected chi connectivity index (χ0v) is 23.9. The molecule has 2 fully saturated rings. The highest BCUT2D eigenvalue weighted by atomic mass is 16.6. The molecule has 10 nitrogen and oxygen atoms in total. The minimum Gasteiger partial charge on any atom is -0.455 e. The number of carbonyl (C=O) groups excluding carboxylic acids is 4. The molecule has 0 radical (unpaired) electrons. The van der Waals surface area contributed by atoms with E-state index in [-0.39, 0.29) is 30.9 Å². The van der Waals surface area contributed by atoms with Gasteiger partial charge in [-0.05, 0) is 39.7 Å². The van der Waals surface area contributed by atoms with Gasteiger partial charge < -0.3 is 29.7 Å². The van der Waals surface area contributed by atoms with Gasteiger partial charge in [0.05, 0.1) is 30.7 Å². The minimum atomic E-state index is -1.43. The van der Waals surface area contributed by atoms with E-state index in [1.807, 2.05) is 50.3 Å². The van der Waals surface area contributed by atoms with E-state index in [1.54, 1.807) is 37.0 Å². The summed E-state index contributed by atoms with van der Waals surface area (Å²) >= 11 is 0. The lowest BCUT2D eigenvalue weighted by Gasteiger charge is -2.38. The van der Waals surface area contributed by atoms with Gasteiger partial charge in [0.2, 0.25) is 17.7 Å². The van der Waals surface area contributed by atoms with Gasteiger partial charge in [0, 0.05) is 19.0 Å². The quantitative estimate of drug-likeness (QED) is 0.422. The number of aliphatic hydroxyl groups excluding tert-OH is 1. The standard InChI is InChI=1S/C31H39N3O7/c1-18(2)33-16-10-15-31-25(28(37)34(19(3)17-35)27(31)29(33)38)24-22(41-31)13-8-9-14-23(36)32-20(4)26(40-30(24)39)21-11-6-5-7-12-21/h5-8,10-13,15,18-20,22,24-27,35H,9,14,16-17H2,1-4H3,(H,32,36)/b13-8-/t19-,20+,22+,24-,25-,26-,27+,31-/m1/s1. The Morgan fingerprint density at radius 2 is 1.80 bits per heavy atom. The normalized spacial score (nSPS) is 35.5. The van der Waals surface area contributed by atoms with Gasteiger partial charge in [-0.2, -0.15) is 0 Å². The van der Waals surface area contributed by atoms with Crippen LogP contribution in [0.2, 0.25) is 0 Å². The molecule has 41 heavy (non-hydrogen) atoms. The number of amides is 3. The predicted molar refractivity (Wildman–Crippen MR) is 149 cm³/mol. The number of allylic oxidation sites excluding steroid dienone is 1. The van der Waals surface area contributed by atoms with Gasteiger partial charge in [-0.3, -0.25) is 19.2 Å². The number of carbonyl (C=O) groups is 4. The molecule has 5 rings (SSSR count). The monoisotopic (exact) mass is 565 g/mol. The molecular weight excluding hydrogens is 526 g/mol. The molecule has 10 heteroatoms. The van der Waals surface area contributed by atoms with Crippen molar-refractivity contribution < 1.29 is 33.8 Å². The van der Waals surface area contributed by atoms with Crippen LogP contribution in [0, 0.1) is 11.8 Å². The number of benzene rings is 1. The molecule has 1 aromatic carbocycles. The van der Waals surface area contributed by atoms with E-state index in [9.17, 15) is 24.3 Å². The number of hydrogen-bond donors (Lipinski definition) is 2. The smallest absolute Gasteiger partial charge is 0.313 e. The number of hydrogen-bond acceptors (Lipinski definition) is 7. The molecule has 0 unspecified atom stereocenters. The summed E-state index contributed by atoms with van der Waals surface area (Å²) < 4.78 is 12.8. The fraction of sp³-hybridized carbons (Fsp3) is 0.548. The molecule has 1 aromatic rings. The van der Waals surface area contributed by atoms with Gasteiger partial charge in [-0.1, -0.05) is 54.6 Å². The van der Waals surface area contributed by atoms with Gasteiger partial charge in [0.1, 0.15) is 23.7 Å². The molecule has 0 bridgehead atoms. The number of esters is 1. The first-order valence-corrected chi connectivity index (χ1v) is 14.4. The number of likely N-dealkylation sites (tertiary alicyclic amines) is 1. The van der Waals surface area contributed by atoms with Crippen molar-refractivity contribution in [2.24, 2.45) is 11.8 Å². The van der Waals surface area contributed by atoms with Crippen LogP contribution in [0.3, 0.4) is 0 Å². The molecule has 3 amide bonds. The average molecular weight is 566 g/mol. The molecule has 0 aliphatic carbocycles. The number of nitrogens with zero attached hydrogens (tertiary/aromatic N) is 2. The van der Waals surface area contributed by atoms with Crippen LogP contribution in [-0.2, 0) is 28.7 Å². The third kappa shape index (κ3) is 4.97. The van der Waals surface area contributed by atoms with Crippen LogP contribution in [0.1, 0.15) is 52.2 Å². The molecule has 220 valence electrons. The van der Waals surface area contributed by atoms with E-state index in [2.05, 4.69) is 5.32 Å². The van der Waals surface area contributed by atoms with E-state index >= 15 is 0 Å². The molecule has 8 atom stereocenters. The molecule has 0 aromatic heterocycles. The van der Waals surface area contributed by atoms with Crippen LogP contribution in [0.5, 0.6) is 0 Å². The van der Waals surface area contributed by atoms with Gasteiger partial charge in [0.15, 0.2) is 0 Å². The first-order valence-electron chi connectivity index (χ1n) is 14.4. The van der Waals surface area contributed by atoms with Crippen LogP contribution < -0.4 is 5.32 Å². The lowest BCUT2D eigenvalue weighted by Crippen LogP contribution is -2.58. The summed E-state index contributed by atoms with van der Waals surface area (Å²) in [6.07, 6.45) is 6.05. The number of cyclic esters (lactones) is 1. The van der Waals surface area contributed by atoms with Gasteiger partial charge in [-0.15, -0.1) is 0 Å². The first-order chi connectivity index (χ1) is 19.6. The number of rotatable bonds is 4. The van der Waals surface area contributed by atoms with Crippen molar-refractivity contribution in [3.63, 3.8) is 0 Å². The molecule has 4 aliphatic rings. The Morgan fingerprint density at radius 3 is 2.49 bits per heavy atom. The topological polar surface area (TPSA) is 125 Å². The van der Waals surface area contributed by atoms with Gasteiger partial charge >= 0.3 is 5.97 Å². The predicted octanol–water partition coefficient (Wildman–Crippen LogP) is 1.89. The molecule has 0 saturated carbocycles. The summed E-state index contributed by atoms with van der Waals surface area (Å²) in [5.74, 6) is -3.62. The van der Waals surface area contributed by atoms with Crippen LogP contribution >= 0.6 is 0 Å². The summed E-state index contributed by atoms with van der Waals surface area (Å²) in [7, 11) is 0. The number of aliphatic hydroxyl groups is 1. The number of fused-ring (bicyclic) bond motifs is 2. The van der Waals surface area contributed by atoms with Crippen molar-refractivity contribution in [2.75, 3.05) is 13.2 Å². The Morgan fingerprint density at radius 1 is 1.07 bits per heavy atom. The van der Waals surface area contributed by atoms with Crippen molar-refractivity contribution in [2.45, 2.75) is 82.5 Å². The maximum atomic E-state index is 14.3. The van der Waals surface area contributed by atoms with Crippen molar-refractivity contribution in [1.82, 2.24) is 15.1 Å². The third-order valence-electron chi connectivity index (χ3n) is 8.68. The average Bonchev–Trinajstić information content (AvgIpc) is 3.34. The summed E-state index contributed by atoms with van der Waals surface area (Å²) in [6, 6.07) is 6.75. The fourth-order valence-electron chi connectivity index (χ4n) is 6.69. The highest BCUT2D eigenvalue weighted by molar-refractivity contribution is 5.99. The van der Waals surface area contributed by atoms with Crippen molar-refractivity contribution in [1.29, 1.82) is 0 Å². The lowest BCUT2D eigenvalue weighted by atomic mass is 9.77. The van der Waals surface area contributed by atoms with E-state index in [0.29, 0.717) is 18.5 Å². The Kier molecular flexibility index (Phi) is 8.07. The fourth-order valence-corrected chi connectivity index (χ4v) is 6.69. The Labute approximate surface area is 240 Å². The van der Waals surface area contributed by atoms with Crippen LogP contribution in [0.15, 0.2) is 54.6 Å². The van der Waals surface area contributed by atoms with Gasteiger partial charge in [-0.25, -0.2) is 0 Å². The molecular formula is C31H39N3O7. The zero-order valence-electron chi connectivity index (χ0n) is 23.9. The summed E-state index contributed by atoms with van der Waals surface area (Å²) in [5.41, 5.74) is -0.725. The minimum absolute atomic E-state index is 0.139. The van der Waals surface area contributed by atoms with Crippen LogP contribution in [-0.4, -0.2) is 87.6 Å². The first kappa shape index (κ1) is 29.0. The summed E-state index contributed by atoms with van der Waals surface area (Å²) in [5, 5.41) is 13.0. The molecule has 1 spiro atoms. The van der Waals surface area contributed by atoms with Crippen molar-refractivity contribution >= 4 is 23.7 Å². The van der Waals surface area contributed by atoms with Gasteiger partial charge in [0.25, 0.3) is 0 Å². The summed E-state index contributed by atoms with van der Waals surface area (Å²) in [4.78, 5) is 58.2. The van der Waals surface area contributed by atoms with Crippen molar-refractivity contribution in [3.8, 4) is 0 Å². The van der Waals surface area contributed by atoms with Crippen LogP contribution in [0.4, 0.5) is 0 Å². The third-order valence-corrected chi connectivity index (χ3v) is 8.68. The van der Waals surface area contributed by atoms with Crippen molar-refractivity contribution in [3.05, 3.63) is 60.2 Å². The molecule has 2 saturated heterocycles. The highest BCUT2D eigenvalue weighted by Crippen LogP contribution is 2.54. The SMILES string of the molecule is CC(C)N1CC=C[C@@]23O[C@H]4/C=C\CCC(=O)N[C@@H](C)[C@H](c5ccccc5)OC(=O)[C@H]4[C@@H]2C(=O)N([C@H](C)CO)[C@H]3C1=O. The zero-order chi connectivity index (χ0) is 29.5. The van der Waals surface area contributed by atoms with E-state index in [0.717, 1.165) is 0 Å². The van der Waals surface area contributed by atoms with E-state index < -0.39 is 59.6 Å². The molecule has 2 N–H and O–H groups in total. The lowest BCUT2D eigenvalue weighted by molar-refractivity contribution is -0.162. The largest absolute Gasteiger partial charge is 0.455 e. The Balaban J connectivity index is 1.62. The second-order valence-corrected chi connectivity index (χ2v) is 11.7.